The fraction of sp³-hybridized carbons (Fsp3) is 0.304. The van der Waals surface area contributed by atoms with E-state index in [1.165, 1.54) is 32.7 Å². The summed E-state index contributed by atoms with van der Waals surface area (Å²) < 4.78 is 28.0. The van der Waals surface area contributed by atoms with E-state index in [0.717, 1.165) is 30.5 Å². The van der Waals surface area contributed by atoms with Gasteiger partial charge in [-0.25, -0.2) is 13.4 Å². The van der Waals surface area contributed by atoms with E-state index < -0.39 is 10.0 Å². The minimum Gasteiger partial charge on any atom is -0.298 e. The van der Waals surface area contributed by atoms with Crippen molar-refractivity contribution in [3.8, 4) is 0 Å². The van der Waals surface area contributed by atoms with Crippen LogP contribution in [0.1, 0.15) is 46.8 Å². The number of aromatic nitrogens is 1. The molecule has 0 atom stereocenters. The number of benzene rings is 2. The summed E-state index contributed by atoms with van der Waals surface area (Å²) in [5.74, 6) is -0.290. The molecule has 0 aliphatic heterocycles. The SMILES string of the molecule is CC(C)N(Cc1ccccc1)S(=O)(=O)c1ccc(C(=O)Nc2nc3c(s2)CCC3)cc1. The van der Waals surface area contributed by atoms with Crippen LogP contribution < -0.4 is 5.32 Å². The molecule has 1 aromatic heterocycles. The monoisotopic (exact) mass is 455 g/mol. The number of thiazole rings is 1. The first-order valence-corrected chi connectivity index (χ1v) is 12.6. The Balaban J connectivity index is 1.50. The van der Waals surface area contributed by atoms with Crippen LogP contribution in [0.25, 0.3) is 0 Å². The average molecular weight is 456 g/mol. The predicted molar refractivity (Wildman–Crippen MR) is 123 cm³/mol. The number of hydrogen-bond donors (Lipinski definition) is 1. The quantitative estimate of drug-likeness (QED) is 0.570. The smallest absolute Gasteiger partial charge is 0.257 e. The number of carbonyl (C=O) groups excluding carboxylic acids is 1. The highest BCUT2D eigenvalue weighted by Gasteiger charge is 2.27. The van der Waals surface area contributed by atoms with Crippen LogP contribution in [0.2, 0.25) is 0 Å². The lowest BCUT2D eigenvalue weighted by Gasteiger charge is -2.26. The largest absolute Gasteiger partial charge is 0.298 e. The number of anilines is 1. The molecule has 1 heterocycles. The second kappa shape index (κ2) is 8.90. The molecule has 0 spiro atoms. The number of fused-ring (bicyclic) bond motifs is 1. The van der Waals surface area contributed by atoms with Gasteiger partial charge in [0, 0.05) is 23.0 Å². The highest BCUT2D eigenvalue weighted by atomic mass is 32.2. The lowest BCUT2D eigenvalue weighted by atomic mass is 10.2. The van der Waals surface area contributed by atoms with Crippen LogP contribution in [0, 0.1) is 0 Å². The number of nitrogens with zero attached hydrogens (tertiary/aromatic N) is 2. The van der Waals surface area contributed by atoms with E-state index in [0.29, 0.717) is 10.7 Å². The third-order valence-corrected chi connectivity index (χ3v) is 8.41. The molecule has 1 amide bonds. The lowest BCUT2D eigenvalue weighted by Crippen LogP contribution is -2.36. The Labute approximate surface area is 187 Å². The lowest BCUT2D eigenvalue weighted by molar-refractivity contribution is 0.102. The van der Waals surface area contributed by atoms with Crippen molar-refractivity contribution >= 4 is 32.4 Å². The third kappa shape index (κ3) is 4.71. The second-order valence-electron chi connectivity index (χ2n) is 7.85. The average Bonchev–Trinajstić information content (AvgIpc) is 3.34. The zero-order valence-electron chi connectivity index (χ0n) is 17.5. The van der Waals surface area contributed by atoms with Crippen LogP contribution in [0.5, 0.6) is 0 Å². The Morgan fingerprint density at radius 3 is 2.45 bits per heavy atom. The molecule has 0 bridgehead atoms. The minimum atomic E-state index is -3.71. The maximum absolute atomic E-state index is 13.2. The number of sulfonamides is 1. The Morgan fingerprint density at radius 1 is 1.10 bits per heavy atom. The van der Waals surface area contributed by atoms with Gasteiger partial charge in [-0.2, -0.15) is 4.31 Å². The van der Waals surface area contributed by atoms with Gasteiger partial charge in [-0.3, -0.25) is 10.1 Å². The number of amides is 1. The Bertz CT molecular complexity index is 1150. The fourth-order valence-electron chi connectivity index (χ4n) is 3.64. The van der Waals surface area contributed by atoms with Gasteiger partial charge in [-0.15, -0.1) is 11.3 Å². The molecule has 1 N–H and O–H groups in total. The topological polar surface area (TPSA) is 79.4 Å². The maximum atomic E-state index is 13.2. The first-order chi connectivity index (χ1) is 14.8. The molecule has 6 nitrogen and oxygen atoms in total. The highest BCUT2D eigenvalue weighted by Crippen LogP contribution is 2.30. The van der Waals surface area contributed by atoms with Gasteiger partial charge >= 0.3 is 0 Å². The van der Waals surface area contributed by atoms with Gasteiger partial charge in [-0.1, -0.05) is 30.3 Å². The van der Waals surface area contributed by atoms with Crippen LogP contribution in [-0.4, -0.2) is 29.7 Å². The van der Waals surface area contributed by atoms with Crippen LogP contribution in [-0.2, 0) is 29.4 Å². The van der Waals surface area contributed by atoms with Crippen LogP contribution >= 0.6 is 11.3 Å². The second-order valence-corrected chi connectivity index (χ2v) is 10.8. The van der Waals surface area contributed by atoms with E-state index in [9.17, 15) is 13.2 Å². The van der Waals surface area contributed by atoms with E-state index in [1.54, 1.807) is 12.1 Å². The first-order valence-electron chi connectivity index (χ1n) is 10.3. The van der Waals surface area contributed by atoms with E-state index in [2.05, 4.69) is 10.3 Å². The van der Waals surface area contributed by atoms with Crippen molar-refractivity contribution in [1.82, 2.24) is 9.29 Å². The van der Waals surface area contributed by atoms with Crippen LogP contribution in [0.15, 0.2) is 59.5 Å². The molecule has 8 heteroatoms. The van der Waals surface area contributed by atoms with Gasteiger partial charge in [0.15, 0.2) is 5.13 Å². The van der Waals surface area contributed by atoms with Gasteiger partial charge in [0.05, 0.1) is 10.6 Å². The molecular weight excluding hydrogens is 430 g/mol. The fourth-order valence-corrected chi connectivity index (χ4v) is 6.31. The summed E-state index contributed by atoms with van der Waals surface area (Å²) in [5.41, 5.74) is 2.40. The molecule has 0 saturated carbocycles. The molecule has 31 heavy (non-hydrogen) atoms. The minimum absolute atomic E-state index is 0.168. The molecule has 0 saturated heterocycles. The number of carbonyl (C=O) groups is 1. The summed E-state index contributed by atoms with van der Waals surface area (Å²) in [6.07, 6.45) is 3.10. The molecule has 3 aromatic rings. The summed E-state index contributed by atoms with van der Waals surface area (Å²) >= 11 is 1.51. The van der Waals surface area contributed by atoms with Crippen molar-refractivity contribution in [2.24, 2.45) is 0 Å². The predicted octanol–water partition coefficient (Wildman–Crippen LogP) is 4.48. The highest BCUT2D eigenvalue weighted by molar-refractivity contribution is 7.89. The summed E-state index contributed by atoms with van der Waals surface area (Å²) in [4.78, 5) is 18.5. The molecule has 0 radical (unpaired) electrons. The van der Waals surface area contributed by atoms with E-state index >= 15 is 0 Å². The molecular formula is C23H25N3O3S2. The zero-order valence-corrected chi connectivity index (χ0v) is 19.2. The van der Waals surface area contributed by atoms with E-state index in [1.807, 2.05) is 44.2 Å². The number of hydrogen-bond acceptors (Lipinski definition) is 5. The van der Waals surface area contributed by atoms with Crippen molar-refractivity contribution in [3.63, 3.8) is 0 Å². The normalized spacial score (nSPS) is 13.5. The molecule has 162 valence electrons. The Morgan fingerprint density at radius 2 is 1.81 bits per heavy atom. The molecule has 0 fully saturated rings. The van der Waals surface area contributed by atoms with E-state index in [4.69, 9.17) is 0 Å². The summed E-state index contributed by atoms with van der Waals surface area (Å²) in [6, 6.07) is 15.4. The van der Waals surface area contributed by atoms with Gasteiger partial charge in [0.25, 0.3) is 5.91 Å². The van der Waals surface area contributed by atoms with Crippen molar-refractivity contribution < 1.29 is 13.2 Å². The Kier molecular flexibility index (Phi) is 6.22. The van der Waals surface area contributed by atoms with Crippen molar-refractivity contribution in [2.75, 3.05) is 5.32 Å². The van der Waals surface area contributed by atoms with Crippen LogP contribution in [0.3, 0.4) is 0 Å². The standard InChI is InChI=1S/C23H25N3O3S2/c1-16(2)26(15-17-7-4-3-5-8-17)31(28,29)19-13-11-18(12-14-19)22(27)25-23-24-20-9-6-10-21(20)30-23/h3-5,7-8,11-14,16H,6,9-10,15H2,1-2H3,(H,24,25,27). The molecule has 4 rings (SSSR count). The summed E-state index contributed by atoms with van der Waals surface area (Å²) in [5, 5.41) is 3.43. The molecule has 1 aliphatic rings. The number of nitrogens with one attached hydrogen (secondary N) is 1. The number of rotatable bonds is 7. The Hall–Kier alpha value is -2.55. The van der Waals surface area contributed by atoms with Gasteiger partial charge < -0.3 is 0 Å². The van der Waals surface area contributed by atoms with Crippen molar-refractivity contribution in [1.29, 1.82) is 0 Å². The van der Waals surface area contributed by atoms with Gasteiger partial charge in [0.2, 0.25) is 10.0 Å². The zero-order chi connectivity index (χ0) is 22.0. The van der Waals surface area contributed by atoms with Gasteiger partial charge in [0.1, 0.15) is 0 Å². The van der Waals surface area contributed by atoms with E-state index in [-0.39, 0.29) is 23.4 Å². The van der Waals surface area contributed by atoms with Crippen molar-refractivity contribution in [2.45, 2.75) is 50.6 Å². The maximum Gasteiger partial charge on any atom is 0.257 e. The molecule has 1 aliphatic carbocycles. The third-order valence-electron chi connectivity index (χ3n) is 5.30. The first kappa shape index (κ1) is 21.7. The number of aryl methyl sites for hydroxylation is 2. The van der Waals surface area contributed by atoms with Gasteiger partial charge in [-0.05, 0) is 62.9 Å². The summed E-state index contributed by atoms with van der Waals surface area (Å²) in [6.45, 7) is 4.00. The van der Waals surface area contributed by atoms with Crippen molar-refractivity contribution in [3.05, 3.63) is 76.3 Å². The van der Waals surface area contributed by atoms with Crippen LogP contribution in [0.4, 0.5) is 5.13 Å². The molecule has 2 aromatic carbocycles. The summed E-state index contributed by atoms with van der Waals surface area (Å²) in [7, 11) is -3.71. The molecule has 0 unspecified atom stereocenters.